The molecule has 162 valence electrons. The van der Waals surface area contributed by atoms with E-state index in [2.05, 4.69) is 15.8 Å². The van der Waals surface area contributed by atoms with E-state index in [4.69, 9.17) is 11.6 Å². The first-order chi connectivity index (χ1) is 15.5. The maximum atomic E-state index is 12.3. The minimum atomic E-state index is -0.343. The van der Waals surface area contributed by atoms with Crippen molar-refractivity contribution in [1.29, 1.82) is 0 Å². The van der Waals surface area contributed by atoms with Crippen LogP contribution in [0.3, 0.4) is 0 Å². The molecule has 0 saturated carbocycles. The lowest BCUT2D eigenvalue weighted by atomic mass is 10.1. The van der Waals surface area contributed by atoms with Crippen LogP contribution < -0.4 is 10.7 Å². The molecule has 0 fully saturated rings. The quantitative estimate of drug-likeness (QED) is 0.350. The van der Waals surface area contributed by atoms with Gasteiger partial charge in [-0.2, -0.15) is 5.10 Å². The van der Waals surface area contributed by atoms with Crippen molar-refractivity contribution < 1.29 is 9.59 Å². The Morgan fingerprint density at radius 2 is 1.53 bits per heavy atom. The Hall–Kier alpha value is -3.70. The summed E-state index contributed by atoms with van der Waals surface area (Å²) in [7, 11) is 0. The maximum absolute atomic E-state index is 12.3. The lowest BCUT2D eigenvalue weighted by Gasteiger charge is -2.09. The molecule has 0 atom stereocenters. The van der Waals surface area contributed by atoms with E-state index in [-0.39, 0.29) is 24.7 Å². The van der Waals surface area contributed by atoms with Crippen LogP contribution in [0, 0.1) is 6.92 Å². The molecule has 0 unspecified atom stereocenters. The van der Waals surface area contributed by atoms with Crippen molar-refractivity contribution in [1.82, 2.24) is 5.43 Å². The first-order valence-electron chi connectivity index (χ1n) is 10.2. The summed E-state index contributed by atoms with van der Waals surface area (Å²) < 4.78 is 0. The summed E-state index contributed by atoms with van der Waals surface area (Å²) in [6, 6.07) is 24.7. The number of carbonyl (C=O) groups is 2. The van der Waals surface area contributed by atoms with E-state index in [0.29, 0.717) is 16.4 Å². The van der Waals surface area contributed by atoms with Crippen molar-refractivity contribution in [3.05, 3.63) is 107 Å². The molecule has 0 radical (unpaired) electrons. The van der Waals surface area contributed by atoms with Crippen molar-refractivity contribution in [2.24, 2.45) is 5.10 Å². The van der Waals surface area contributed by atoms with Gasteiger partial charge in [0.15, 0.2) is 0 Å². The largest absolute Gasteiger partial charge is 0.326 e. The van der Waals surface area contributed by atoms with E-state index in [0.717, 1.165) is 16.7 Å². The number of hydrazone groups is 1. The monoisotopic (exact) mass is 445 g/mol. The Morgan fingerprint density at radius 1 is 0.875 bits per heavy atom. The van der Waals surface area contributed by atoms with Gasteiger partial charge in [-0.15, -0.1) is 0 Å². The average molecular weight is 446 g/mol. The number of hydrogen-bond donors (Lipinski definition) is 2. The van der Waals surface area contributed by atoms with Crippen molar-refractivity contribution in [3.63, 3.8) is 0 Å². The van der Waals surface area contributed by atoms with Gasteiger partial charge < -0.3 is 5.32 Å². The highest BCUT2D eigenvalue weighted by atomic mass is 35.5. The van der Waals surface area contributed by atoms with E-state index < -0.39 is 0 Å². The molecular weight excluding hydrogens is 422 g/mol. The highest BCUT2D eigenvalue weighted by Crippen LogP contribution is 2.23. The molecule has 5 nitrogen and oxygen atoms in total. The summed E-state index contributed by atoms with van der Waals surface area (Å²) in [6.07, 6.45) is 3.82. The zero-order valence-electron chi connectivity index (χ0n) is 17.7. The van der Waals surface area contributed by atoms with Gasteiger partial charge >= 0.3 is 0 Å². The number of anilines is 1. The summed E-state index contributed by atoms with van der Waals surface area (Å²) in [5.74, 6) is -0.605. The fourth-order valence-corrected chi connectivity index (χ4v) is 3.08. The second-order valence-corrected chi connectivity index (χ2v) is 7.51. The number of allylic oxidation sites excluding steroid dienone is 1. The number of nitrogens with one attached hydrogen (secondary N) is 2. The van der Waals surface area contributed by atoms with Gasteiger partial charge in [-0.1, -0.05) is 84.4 Å². The number of halogens is 1. The third-order valence-corrected chi connectivity index (χ3v) is 5.13. The highest BCUT2D eigenvalue weighted by Gasteiger charge is 2.10. The second-order valence-electron chi connectivity index (χ2n) is 7.10. The molecule has 0 aliphatic heterocycles. The van der Waals surface area contributed by atoms with Gasteiger partial charge in [0.2, 0.25) is 11.8 Å². The number of carbonyl (C=O) groups excluding carboxylic acids is 2. The average Bonchev–Trinajstić information content (AvgIpc) is 2.82. The summed E-state index contributed by atoms with van der Waals surface area (Å²) in [5.41, 5.74) is 6.48. The molecule has 6 heteroatoms. The molecule has 0 saturated heterocycles. The van der Waals surface area contributed by atoms with Gasteiger partial charge in [-0.05, 0) is 36.3 Å². The summed E-state index contributed by atoms with van der Waals surface area (Å²) in [6.45, 7) is 1.83. The zero-order chi connectivity index (χ0) is 22.8. The Kier molecular flexibility index (Phi) is 8.35. The van der Waals surface area contributed by atoms with Crippen LogP contribution in [0.5, 0.6) is 0 Å². The molecule has 0 aliphatic rings. The number of rotatable bonds is 8. The Balaban J connectivity index is 1.60. The Labute approximate surface area is 192 Å². The van der Waals surface area contributed by atoms with Crippen LogP contribution in [0.25, 0.3) is 6.08 Å². The van der Waals surface area contributed by atoms with E-state index >= 15 is 0 Å². The normalized spacial score (nSPS) is 11.4. The molecular formula is C26H24ClN3O2. The fourth-order valence-electron chi connectivity index (χ4n) is 2.91. The van der Waals surface area contributed by atoms with Crippen molar-refractivity contribution in [2.45, 2.75) is 19.8 Å². The molecule has 0 aliphatic carbocycles. The van der Waals surface area contributed by atoms with Gasteiger partial charge in [0.05, 0.1) is 5.71 Å². The van der Waals surface area contributed by atoms with E-state index in [1.54, 1.807) is 18.2 Å². The van der Waals surface area contributed by atoms with Crippen molar-refractivity contribution >= 4 is 40.9 Å². The third-order valence-electron chi connectivity index (χ3n) is 4.72. The smallest absolute Gasteiger partial charge is 0.240 e. The molecule has 3 aromatic carbocycles. The topological polar surface area (TPSA) is 70.6 Å². The molecule has 32 heavy (non-hydrogen) atoms. The first kappa shape index (κ1) is 23.0. The summed E-state index contributed by atoms with van der Waals surface area (Å²) in [5, 5.41) is 7.64. The van der Waals surface area contributed by atoms with Gasteiger partial charge in [-0.25, -0.2) is 5.43 Å². The number of benzene rings is 3. The van der Waals surface area contributed by atoms with Crippen LogP contribution in [0.4, 0.5) is 5.69 Å². The van der Waals surface area contributed by atoms with E-state index in [1.807, 2.05) is 79.7 Å². The van der Waals surface area contributed by atoms with Crippen LogP contribution in [0.2, 0.25) is 5.02 Å². The molecule has 0 bridgehead atoms. The van der Waals surface area contributed by atoms with Gasteiger partial charge in [0.1, 0.15) is 0 Å². The number of amides is 2. The number of nitrogens with zero attached hydrogens (tertiary/aromatic N) is 1. The van der Waals surface area contributed by atoms with Crippen molar-refractivity contribution in [2.75, 3.05) is 5.32 Å². The minimum absolute atomic E-state index is 0.0133. The molecule has 0 aromatic heterocycles. The molecule has 3 rings (SSSR count). The number of hydrogen-bond acceptors (Lipinski definition) is 3. The predicted octanol–water partition coefficient (Wildman–Crippen LogP) is 5.60. The predicted molar refractivity (Wildman–Crippen MR) is 131 cm³/mol. The van der Waals surface area contributed by atoms with Gasteiger partial charge in [0.25, 0.3) is 0 Å². The summed E-state index contributed by atoms with van der Waals surface area (Å²) in [4.78, 5) is 24.5. The molecule has 0 heterocycles. The van der Waals surface area contributed by atoms with Gasteiger partial charge in [-0.3, -0.25) is 9.59 Å². The standard InChI is InChI=1S/C26H24ClN3O2/c1-19-22(27)13-8-14-23(19)28-25(31)17-18-26(32)30-29-24(21-11-6-3-7-12-21)16-15-20-9-4-2-5-10-20/h2-16H,17-18H2,1H3,(H,28,31)(H,30,32)/b16-15-,29-24+. The van der Waals surface area contributed by atoms with Crippen LogP contribution in [0.15, 0.2) is 90.0 Å². The zero-order valence-corrected chi connectivity index (χ0v) is 18.5. The summed E-state index contributed by atoms with van der Waals surface area (Å²) >= 11 is 6.08. The SMILES string of the molecule is Cc1c(Cl)cccc1NC(=O)CCC(=O)N/N=C(\C=C/c1ccccc1)c1ccccc1. The fraction of sp³-hybridized carbons (Fsp3) is 0.115. The van der Waals surface area contributed by atoms with Crippen LogP contribution in [-0.2, 0) is 9.59 Å². The Morgan fingerprint density at radius 3 is 2.25 bits per heavy atom. The van der Waals surface area contributed by atoms with Crippen molar-refractivity contribution in [3.8, 4) is 0 Å². The second kappa shape index (κ2) is 11.6. The van der Waals surface area contributed by atoms with E-state index in [1.165, 1.54) is 0 Å². The van der Waals surface area contributed by atoms with Crippen LogP contribution >= 0.6 is 11.6 Å². The molecule has 3 aromatic rings. The lowest BCUT2D eigenvalue weighted by molar-refractivity contribution is -0.124. The minimum Gasteiger partial charge on any atom is -0.326 e. The molecule has 2 amide bonds. The van der Waals surface area contributed by atoms with Crippen LogP contribution in [0.1, 0.15) is 29.5 Å². The van der Waals surface area contributed by atoms with Gasteiger partial charge in [0, 0.05) is 29.1 Å². The Bertz CT molecular complexity index is 1130. The third kappa shape index (κ3) is 6.93. The highest BCUT2D eigenvalue weighted by molar-refractivity contribution is 6.31. The first-order valence-corrected chi connectivity index (χ1v) is 10.6. The lowest BCUT2D eigenvalue weighted by Crippen LogP contribution is -2.22. The molecule has 2 N–H and O–H groups in total. The maximum Gasteiger partial charge on any atom is 0.240 e. The molecule has 0 spiro atoms. The van der Waals surface area contributed by atoms with Crippen LogP contribution in [-0.4, -0.2) is 17.5 Å². The van der Waals surface area contributed by atoms with E-state index in [9.17, 15) is 9.59 Å².